The van der Waals surface area contributed by atoms with E-state index >= 15 is 0 Å². The number of likely N-dealkylation sites (tertiary alicyclic amines) is 1. The van der Waals surface area contributed by atoms with E-state index in [2.05, 4.69) is 10.8 Å². The highest BCUT2D eigenvalue weighted by Crippen LogP contribution is 2.30. The fourth-order valence-corrected chi connectivity index (χ4v) is 2.85. The SMILES string of the molecule is C#CCN1CCC([C@H]2CCCOC2)CC1. The number of terminal acetylenes is 1. The van der Waals surface area contributed by atoms with E-state index in [0.717, 1.165) is 31.6 Å². The second kappa shape index (κ2) is 5.53. The molecular formula is C13H21NO. The largest absolute Gasteiger partial charge is 0.381 e. The maximum Gasteiger partial charge on any atom is 0.0598 e. The minimum Gasteiger partial charge on any atom is -0.381 e. The molecule has 0 aromatic carbocycles. The first-order valence-electron chi connectivity index (χ1n) is 6.13. The molecule has 0 saturated carbocycles. The van der Waals surface area contributed by atoms with Crippen LogP contribution in [-0.2, 0) is 4.74 Å². The monoisotopic (exact) mass is 207 g/mol. The predicted octanol–water partition coefficient (Wildman–Crippen LogP) is 1.76. The number of piperidine rings is 1. The van der Waals surface area contributed by atoms with Crippen molar-refractivity contribution in [3.8, 4) is 12.3 Å². The third-order valence-corrected chi connectivity index (χ3v) is 3.81. The van der Waals surface area contributed by atoms with Crippen LogP contribution in [0.3, 0.4) is 0 Å². The van der Waals surface area contributed by atoms with Gasteiger partial charge in [0.2, 0.25) is 0 Å². The Hall–Kier alpha value is -0.520. The van der Waals surface area contributed by atoms with Crippen molar-refractivity contribution in [2.75, 3.05) is 32.8 Å². The Labute approximate surface area is 93.0 Å². The summed E-state index contributed by atoms with van der Waals surface area (Å²) in [6.45, 7) is 5.18. The third kappa shape index (κ3) is 2.96. The van der Waals surface area contributed by atoms with Crippen molar-refractivity contribution in [2.45, 2.75) is 25.7 Å². The van der Waals surface area contributed by atoms with Crippen molar-refractivity contribution < 1.29 is 4.74 Å². The topological polar surface area (TPSA) is 12.5 Å². The average molecular weight is 207 g/mol. The first-order valence-corrected chi connectivity index (χ1v) is 6.13. The van der Waals surface area contributed by atoms with Crippen LogP contribution in [0.1, 0.15) is 25.7 Å². The van der Waals surface area contributed by atoms with E-state index in [1.165, 1.54) is 38.8 Å². The van der Waals surface area contributed by atoms with Crippen molar-refractivity contribution in [1.82, 2.24) is 4.90 Å². The van der Waals surface area contributed by atoms with Gasteiger partial charge in [-0.15, -0.1) is 6.42 Å². The zero-order valence-electron chi connectivity index (χ0n) is 9.45. The Kier molecular flexibility index (Phi) is 4.05. The molecule has 1 atom stereocenters. The predicted molar refractivity (Wildman–Crippen MR) is 61.5 cm³/mol. The second-order valence-corrected chi connectivity index (χ2v) is 4.79. The standard InChI is InChI=1S/C13H21NO/c1-2-7-14-8-5-12(6-9-14)13-4-3-10-15-11-13/h1,12-13H,3-11H2/t13-/m0/s1. The second-order valence-electron chi connectivity index (χ2n) is 4.79. The summed E-state index contributed by atoms with van der Waals surface area (Å²) in [7, 11) is 0. The minimum atomic E-state index is 0.826. The summed E-state index contributed by atoms with van der Waals surface area (Å²) in [6, 6.07) is 0. The molecule has 2 heteroatoms. The normalized spacial score (nSPS) is 29.9. The highest BCUT2D eigenvalue weighted by Gasteiger charge is 2.27. The fourth-order valence-electron chi connectivity index (χ4n) is 2.85. The van der Waals surface area contributed by atoms with Crippen LogP contribution in [0.25, 0.3) is 0 Å². The molecule has 0 bridgehead atoms. The molecule has 2 aliphatic rings. The Morgan fingerprint density at radius 1 is 1.20 bits per heavy atom. The number of hydrogen-bond acceptors (Lipinski definition) is 2. The van der Waals surface area contributed by atoms with Gasteiger partial charge in [0.05, 0.1) is 6.54 Å². The number of nitrogens with zero attached hydrogens (tertiary/aromatic N) is 1. The summed E-state index contributed by atoms with van der Waals surface area (Å²) in [4.78, 5) is 2.39. The highest BCUT2D eigenvalue weighted by atomic mass is 16.5. The molecule has 0 aromatic heterocycles. The molecule has 2 aliphatic heterocycles. The third-order valence-electron chi connectivity index (χ3n) is 3.81. The molecule has 0 aliphatic carbocycles. The average Bonchev–Trinajstić information content (AvgIpc) is 2.32. The molecule has 0 N–H and O–H groups in total. The lowest BCUT2D eigenvalue weighted by Gasteiger charge is -2.36. The quantitative estimate of drug-likeness (QED) is 0.640. The van der Waals surface area contributed by atoms with Crippen LogP contribution in [0, 0.1) is 24.2 Å². The van der Waals surface area contributed by atoms with Crippen LogP contribution in [0.4, 0.5) is 0 Å². The number of ether oxygens (including phenoxy) is 1. The van der Waals surface area contributed by atoms with Gasteiger partial charge in [0.25, 0.3) is 0 Å². The van der Waals surface area contributed by atoms with Gasteiger partial charge >= 0.3 is 0 Å². The van der Waals surface area contributed by atoms with E-state index in [4.69, 9.17) is 11.2 Å². The van der Waals surface area contributed by atoms with Crippen LogP contribution in [0.15, 0.2) is 0 Å². The molecule has 84 valence electrons. The van der Waals surface area contributed by atoms with Crippen molar-refractivity contribution in [2.24, 2.45) is 11.8 Å². The maximum absolute atomic E-state index is 5.56. The highest BCUT2D eigenvalue weighted by molar-refractivity contribution is 4.90. The molecule has 0 radical (unpaired) electrons. The number of rotatable bonds is 2. The zero-order valence-corrected chi connectivity index (χ0v) is 9.45. The van der Waals surface area contributed by atoms with Gasteiger partial charge in [-0.3, -0.25) is 4.90 Å². The van der Waals surface area contributed by atoms with Crippen LogP contribution in [0.5, 0.6) is 0 Å². The van der Waals surface area contributed by atoms with Crippen molar-refractivity contribution in [3.05, 3.63) is 0 Å². The van der Waals surface area contributed by atoms with E-state index in [1.54, 1.807) is 0 Å². The Morgan fingerprint density at radius 2 is 2.00 bits per heavy atom. The summed E-state index contributed by atoms with van der Waals surface area (Å²) >= 11 is 0. The summed E-state index contributed by atoms with van der Waals surface area (Å²) in [5.41, 5.74) is 0. The van der Waals surface area contributed by atoms with Gasteiger partial charge in [-0.25, -0.2) is 0 Å². The first-order chi connectivity index (χ1) is 7.40. The van der Waals surface area contributed by atoms with Gasteiger partial charge in [-0.05, 0) is 50.6 Å². The zero-order chi connectivity index (χ0) is 10.5. The molecule has 0 amide bonds. The Bertz CT molecular complexity index is 219. The number of hydrogen-bond donors (Lipinski definition) is 0. The summed E-state index contributed by atoms with van der Waals surface area (Å²) in [6.07, 6.45) is 10.6. The van der Waals surface area contributed by atoms with Crippen molar-refractivity contribution >= 4 is 0 Å². The van der Waals surface area contributed by atoms with E-state index in [1.807, 2.05) is 0 Å². The minimum absolute atomic E-state index is 0.826. The molecule has 0 unspecified atom stereocenters. The summed E-state index contributed by atoms with van der Waals surface area (Å²) < 4.78 is 5.56. The van der Waals surface area contributed by atoms with Gasteiger partial charge in [0, 0.05) is 13.2 Å². The molecular weight excluding hydrogens is 186 g/mol. The van der Waals surface area contributed by atoms with Crippen molar-refractivity contribution in [1.29, 1.82) is 0 Å². The molecule has 2 rings (SSSR count). The smallest absolute Gasteiger partial charge is 0.0598 e. The van der Waals surface area contributed by atoms with Gasteiger partial charge < -0.3 is 4.74 Å². The molecule has 0 aromatic rings. The van der Waals surface area contributed by atoms with E-state index in [-0.39, 0.29) is 0 Å². The molecule has 2 fully saturated rings. The Morgan fingerprint density at radius 3 is 2.60 bits per heavy atom. The van der Waals surface area contributed by atoms with Crippen molar-refractivity contribution in [3.63, 3.8) is 0 Å². The summed E-state index contributed by atoms with van der Waals surface area (Å²) in [5, 5.41) is 0. The molecule has 2 nitrogen and oxygen atoms in total. The van der Waals surface area contributed by atoms with Gasteiger partial charge in [0.1, 0.15) is 0 Å². The Balaban J connectivity index is 1.75. The van der Waals surface area contributed by atoms with Gasteiger partial charge in [-0.2, -0.15) is 0 Å². The molecule has 0 spiro atoms. The lowest BCUT2D eigenvalue weighted by Crippen LogP contribution is -2.38. The van der Waals surface area contributed by atoms with Gasteiger partial charge in [-0.1, -0.05) is 5.92 Å². The van der Waals surface area contributed by atoms with Crippen LogP contribution >= 0.6 is 0 Å². The van der Waals surface area contributed by atoms with E-state index < -0.39 is 0 Å². The molecule has 2 heterocycles. The van der Waals surface area contributed by atoms with Crippen LogP contribution in [0.2, 0.25) is 0 Å². The van der Waals surface area contributed by atoms with Crippen LogP contribution in [-0.4, -0.2) is 37.7 Å². The maximum atomic E-state index is 5.56. The van der Waals surface area contributed by atoms with E-state index in [9.17, 15) is 0 Å². The first kappa shape index (κ1) is 11.0. The lowest BCUT2D eigenvalue weighted by atomic mass is 9.81. The molecule has 15 heavy (non-hydrogen) atoms. The molecule has 2 saturated heterocycles. The fraction of sp³-hybridized carbons (Fsp3) is 0.846. The van der Waals surface area contributed by atoms with E-state index in [0.29, 0.717) is 0 Å². The van der Waals surface area contributed by atoms with Crippen LogP contribution < -0.4 is 0 Å². The summed E-state index contributed by atoms with van der Waals surface area (Å²) in [5.74, 6) is 4.45. The lowest BCUT2D eigenvalue weighted by molar-refractivity contribution is 0.0151. The van der Waals surface area contributed by atoms with Gasteiger partial charge in [0.15, 0.2) is 0 Å².